The van der Waals surface area contributed by atoms with E-state index in [1.54, 1.807) is 0 Å². The van der Waals surface area contributed by atoms with E-state index in [9.17, 15) is 18.0 Å². The van der Waals surface area contributed by atoms with Gasteiger partial charge in [-0.3, -0.25) is 9.69 Å². The molecule has 0 fully saturated rings. The standard InChI is InChI=1S/C12H5F3N2O3/c1-2-3-17-8-5-9(19-6-16)7(13)4-10(8)20-12(14,15)11(17)18/h1,4-5H,3H2. The molecule has 1 heterocycles. The third-order valence-electron chi connectivity index (χ3n) is 2.44. The highest BCUT2D eigenvalue weighted by Crippen LogP contribution is 2.42. The van der Waals surface area contributed by atoms with Gasteiger partial charge in [0.1, 0.15) is 0 Å². The number of halogens is 3. The van der Waals surface area contributed by atoms with E-state index in [1.165, 1.54) is 6.26 Å². The summed E-state index contributed by atoms with van der Waals surface area (Å²) in [4.78, 5) is 12.1. The van der Waals surface area contributed by atoms with Crippen LogP contribution in [0.15, 0.2) is 12.1 Å². The molecule has 0 atom stereocenters. The molecule has 0 unspecified atom stereocenters. The molecule has 8 heteroatoms. The van der Waals surface area contributed by atoms with Crippen LogP contribution in [-0.4, -0.2) is 18.6 Å². The maximum atomic E-state index is 13.5. The van der Waals surface area contributed by atoms with Crippen LogP contribution in [-0.2, 0) is 4.79 Å². The van der Waals surface area contributed by atoms with Crippen LogP contribution in [0.1, 0.15) is 0 Å². The van der Waals surface area contributed by atoms with E-state index in [2.05, 4.69) is 9.47 Å². The number of terminal acetylenes is 1. The fraction of sp³-hybridized carbons (Fsp3) is 0.167. The van der Waals surface area contributed by atoms with E-state index in [0.717, 1.165) is 6.07 Å². The Hall–Kier alpha value is -2.87. The highest BCUT2D eigenvalue weighted by molar-refractivity contribution is 6.01. The summed E-state index contributed by atoms with van der Waals surface area (Å²) >= 11 is 0. The van der Waals surface area contributed by atoms with E-state index >= 15 is 0 Å². The Labute approximate surface area is 111 Å². The Morgan fingerprint density at radius 2 is 2.20 bits per heavy atom. The van der Waals surface area contributed by atoms with Gasteiger partial charge in [-0.1, -0.05) is 5.92 Å². The first-order chi connectivity index (χ1) is 9.40. The van der Waals surface area contributed by atoms with Crippen LogP contribution >= 0.6 is 0 Å². The number of nitrogens with zero attached hydrogens (tertiary/aromatic N) is 2. The van der Waals surface area contributed by atoms with E-state index in [4.69, 9.17) is 11.7 Å². The van der Waals surface area contributed by atoms with E-state index in [1.807, 2.05) is 5.92 Å². The average molecular weight is 282 g/mol. The lowest BCUT2D eigenvalue weighted by molar-refractivity contribution is -0.192. The summed E-state index contributed by atoms with van der Waals surface area (Å²) in [5.74, 6) is -1.85. The van der Waals surface area contributed by atoms with Gasteiger partial charge in [0, 0.05) is 12.1 Å². The molecule has 0 aromatic heterocycles. The predicted molar refractivity (Wildman–Crippen MR) is 59.4 cm³/mol. The predicted octanol–water partition coefficient (Wildman–Crippen LogP) is 1.64. The molecule has 1 aromatic carbocycles. The van der Waals surface area contributed by atoms with Crippen molar-refractivity contribution in [2.45, 2.75) is 6.11 Å². The maximum Gasteiger partial charge on any atom is 0.483 e. The Kier molecular flexibility index (Phi) is 3.16. The van der Waals surface area contributed by atoms with Crippen molar-refractivity contribution in [3.63, 3.8) is 0 Å². The topological polar surface area (TPSA) is 62.6 Å². The molecule has 1 aromatic rings. The molecule has 0 N–H and O–H groups in total. The van der Waals surface area contributed by atoms with Gasteiger partial charge in [-0.15, -0.1) is 11.7 Å². The zero-order valence-corrected chi connectivity index (χ0v) is 9.69. The zero-order valence-electron chi connectivity index (χ0n) is 9.69. The monoisotopic (exact) mass is 282 g/mol. The number of alkyl halides is 2. The molecule has 0 radical (unpaired) electrons. The minimum Gasteiger partial charge on any atom is -0.423 e. The highest BCUT2D eigenvalue weighted by atomic mass is 19.3. The lowest BCUT2D eigenvalue weighted by atomic mass is 10.2. The summed E-state index contributed by atoms with van der Waals surface area (Å²) in [6.45, 7) is -0.470. The number of benzene rings is 1. The van der Waals surface area contributed by atoms with Crippen molar-refractivity contribution < 1.29 is 27.4 Å². The van der Waals surface area contributed by atoms with Gasteiger partial charge in [0.05, 0.1) is 12.2 Å². The molecule has 1 amide bonds. The van der Waals surface area contributed by atoms with E-state index < -0.39 is 35.9 Å². The first-order valence-electron chi connectivity index (χ1n) is 5.12. The summed E-state index contributed by atoms with van der Waals surface area (Å²) in [5, 5.41) is 8.35. The molecule has 0 spiro atoms. The van der Waals surface area contributed by atoms with Crippen molar-refractivity contribution in [1.82, 2.24) is 0 Å². The van der Waals surface area contributed by atoms with Gasteiger partial charge in [-0.05, 0) is 0 Å². The zero-order chi connectivity index (χ0) is 14.9. The Balaban J connectivity index is 2.59. The lowest BCUT2D eigenvalue weighted by Crippen LogP contribution is -2.50. The van der Waals surface area contributed by atoms with Crippen LogP contribution in [0.5, 0.6) is 11.5 Å². The third kappa shape index (κ3) is 2.08. The van der Waals surface area contributed by atoms with E-state index in [0.29, 0.717) is 11.0 Å². The molecule has 0 aliphatic carbocycles. The molecular formula is C12H5F3N2O3. The number of carbonyl (C=O) groups excluding carboxylic acids is 1. The van der Waals surface area contributed by atoms with Gasteiger partial charge in [-0.2, -0.15) is 8.78 Å². The smallest absolute Gasteiger partial charge is 0.423 e. The average Bonchev–Trinajstić information content (AvgIpc) is 2.37. The molecule has 102 valence electrons. The number of fused-ring (bicyclic) bond motifs is 1. The largest absolute Gasteiger partial charge is 0.483 e. The minimum absolute atomic E-state index is 0.203. The molecule has 1 aliphatic rings. The number of hydrogen-bond acceptors (Lipinski definition) is 4. The first kappa shape index (κ1) is 13.6. The molecule has 0 bridgehead atoms. The van der Waals surface area contributed by atoms with Crippen LogP contribution < -0.4 is 14.4 Å². The van der Waals surface area contributed by atoms with Crippen LogP contribution in [0.25, 0.3) is 0 Å². The third-order valence-corrected chi connectivity index (χ3v) is 2.44. The molecule has 20 heavy (non-hydrogen) atoms. The van der Waals surface area contributed by atoms with Gasteiger partial charge >= 0.3 is 12.0 Å². The number of carbonyl (C=O) groups is 1. The second-order valence-corrected chi connectivity index (χ2v) is 3.66. The van der Waals surface area contributed by atoms with Gasteiger partial charge < -0.3 is 9.47 Å². The number of rotatable bonds is 2. The number of anilines is 1. The Morgan fingerprint density at radius 1 is 1.50 bits per heavy atom. The maximum absolute atomic E-state index is 13.5. The van der Waals surface area contributed by atoms with E-state index in [-0.39, 0.29) is 5.69 Å². The normalized spacial score (nSPS) is 15.7. The quantitative estimate of drug-likeness (QED) is 0.611. The van der Waals surface area contributed by atoms with Crippen molar-refractivity contribution >= 4 is 11.6 Å². The highest BCUT2D eigenvalue weighted by Gasteiger charge is 2.50. The number of amides is 1. The van der Waals surface area contributed by atoms with Crippen LogP contribution in [0, 0.1) is 29.7 Å². The summed E-state index contributed by atoms with van der Waals surface area (Å²) in [7, 11) is 0. The molecule has 1 aliphatic heterocycles. The second kappa shape index (κ2) is 4.67. The number of hydrogen-bond donors (Lipinski definition) is 0. The molecule has 0 saturated heterocycles. The Bertz CT molecular complexity index is 661. The van der Waals surface area contributed by atoms with Crippen molar-refractivity contribution in [3.8, 4) is 30.1 Å². The van der Waals surface area contributed by atoms with Gasteiger partial charge in [0.25, 0.3) is 6.26 Å². The van der Waals surface area contributed by atoms with Gasteiger partial charge in [0.2, 0.25) is 0 Å². The molecule has 2 rings (SSSR count). The van der Waals surface area contributed by atoms with Crippen LogP contribution in [0.2, 0.25) is 0 Å². The number of ether oxygens (including phenoxy) is 2. The Morgan fingerprint density at radius 3 is 2.80 bits per heavy atom. The van der Waals surface area contributed by atoms with Crippen LogP contribution in [0.3, 0.4) is 0 Å². The summed E-state index contributed by atoms with van der Waals surface area (Å²) in [6, 6.07) is 1.48. The fourth-order valence-electron chi connectivity index (χ4n) is 1.64. The van der Waals surface area contributed by atoms with Crippen molar-refractivity contribution in [2.24, 2.45) is 0 Å². The molecule has 5 nitrogen and oxygen atoms in total. The molecular weight excluding hydrogens is 277 g/mol. The minimum atomic E-state index is -4.14. The lowest BCUT2D eigenvalue weighted by Gasteiger charge is -2.32. The SMILES string of the molecule is C#CCN1C(=O)C(F)(F)Oc2cc(F)c(OC#N)cc21. The summed E-state index contributed by atoms with van der Waals surface area (Å²) in [6.07, 6.45) is 2.09. The second-order valence-electron chi connectivity index (χ2n) is 3.66. The summed E-state index contributed by atoms with van der Waals surface area (Å²) in [5.41, 5.74) is -0.203. The van der Waals surface area contributed by atoms with Gasteiger partial charge in [-0.25, -0.2) is 4.39 Å². The van der Waals surface area contributed by atoms with Crippen LogP contribution in [0.4, 0.5) is 18.9 Å². The first-order valence-corrected chi connectivity index (χ1v) is 5.12. The van der Waals surface area contributed by atoms with Crippen molar-refractivity contribution in [2.75, 3.05) is 11.4 Å². The van der Waals surface area contributed by atoms with Gasteiger partial charge in [0.15, 0.2) is 17.3 Å². The van der Waals surface area contributed by atoms with Crippen molar-refractivity contribution in [3.05, 3.63) is 17.9 Å². The molecule has 0 saturated carbocycles. The number of nitriles is 1. The summed E-state index contributed by atoms with van der Waals surface area (Å²) < 4.78 is 48.6. The fourth-order valence-corrected chi connectivity index (χ4v) is 1.64. The van der Waals surface area contributed by atoms with Crippen molar-refractivity contribution in [1.29, 1.82) is 5.26 Å².